The number of amides is 1. The van der Waals surface area contributed by atoms with Crippen molar-refractivity contribution in [3.8, 4) is 5.75 Å². The number of carbonyl (C=O) groups excluding carboxylic acids is 1. The van der Waals surface area contributed by atoms with E-state index < -0.39 is 6.10 Å². The van der Waals surface area contributed by atoms with E-state index in [0.717, 1.165) is 27.5 Å². The van der Waals surface area contributed by atoms with Crippen molar-refractivity contribution in [3.05, 3.63) is 53.6 Å². The fourth-order valence-electron chi connectivity index (χ4n) is 2.41. The van der Waals surface area contributed by atoms with Gasteiger partial charge in [-0.1, -0.05) is 32.0 Å². The van der Waals surface area contributed by atoms with Gasteiger partial charge in [-0.15, -0.1) is 11.8 Å². The number of nitrogens with one attached hydrogen (secondary N) is 1. The first-order valence-electron chi connectivity index (χ1n) is 8.13. The van der Waals surface area contributed by atoms with Crippen molar-refractivity contribution in [1.29, 1.82) is 0 Å². The smallest absolute Gasteiger partial charge is 0.265 e. The molecule has 0 aliphatic carbocycles. The number of carbonyl (C=O) groups is 1. The van der Waals surface area contributed by atoms with Gasteiger partial charge in [0.15, 0.2) is 6.10 Å². The first-order valence-corrected chi connectivity index (χ1v) is 9.35. The second-order valence-electron chi connectivity index (χ2n) is 6.18. The highest BCUT2D eigenvalue weighted by Gasteiger charge is 2.18. The van der Waals surface area contributed by atoms with Gasteiger partial charge >= 0.3 is 0 Å². The van der Waals surface area contributed by atoms with E-state index in [2.05, 4.69) is 31.3 Å². The van der Waals surface area contributed by atoms with Crippen LogP contribution in [0.2, 0.25) is 0 Å². The highest BCUT2D eigenvalue weighted by Crippen LogP contribution is 2.28. The Hall–Kier alpha value is -1.94. The van der Waals surface area contributed by atoms with Crippen LogP contribution < -0.4 is 10.1 Å². The van der Waals surface area contributed by atoms with Gasteiger partial charge < -0.3 is 10.1 Å². The average Bonchev–Trinajstić information content (AvgIpc) is 2.54. The molecule has 0 aliphatic heterocycles. The number of hydrogen-bond donors (Lipinski definition) is 1. The van der Waals surface area contributed by atoms with Crippen molar-refractivity contribution in [2.75, 3.05) is 11.6 Å². The Kier molecular flexibility index (Phi) is 6.32. The van der Waals surface area contributed by atoms with Gasteiger partial charge in [0.05, 0.1) is 0 Å². The van der Waals surface area contributed by atoms with E-state index in [4.69, 9.17) is 4.74 Å². The lowest BCUT2D eigenvalue weighted by molar-refractivity contribution is -0.122. The first kappa shape index (κ1) is 18.4. The highest BCUT2D eigenvalue weighted by atomic mass is 32.2. The quantitative estimate of drug-likeness (QED) is 0.728. The highest BCUT2D eigenvalue weighted by molar-refractivity contribution is 7.98. The molecule has 1 N–H and O–H groups in total. The number of hydrogen-bond acceptors (Lipinski definition) is 3. The maximum absolute atomic E-state index is 12.4. The monoisotopic (exact) mass is 343 g/mol. The molecular formula is C20H25NO2S. The number of ether oxygens (including phenoxy) is 1. The summed E-state index contributed by atoms with van der Waals surface area (Å²) in [5.74, 6) is 0.976. The molecule has 0 spiro atoms. The molecule has 0 saturated carbocycles. The molecule has 0 bridgehead atoms. The van der Waals surface area contributed by atoms with Gasteiger partial charge in [-0.2, -0.15) is 0 Å². The molecule has 1 atom stereocenters. The van der Waals surface area contributed by atoms with Gasteiger partial charge in [-0.05, 0) is 61.4 Å². The standard InChI is InChI=1S/C20H25NO2S/c1-13(2)18-10-9-14(3)11-19(18)23-15(4)20(22)21-16-7-6-8-17(12-16)24-5/h6-13,15H,1-5H3,(H,21,22)/t15-/m1/s1. The minimum atomic E-state index is -0.567. The largest absolute Gasteiger partial charge is 0.481 e. The van der Waals surface area contributed by atoms with Gasteiger partial charge in [-0.25, -0.2) is 0 Å². The van der Waals surface area contributed by atoms with Gasteiger partial charge in [-0.3, -0.25) is 4.79 Å². The van der Waals surface area contributed by atoms with Crippen molar-refractivity contribution in [2.45, 2.75) is 44.6 Å². The molecule has 1 amide bonds. The lowest BCUT2D eigenvalue weighted by atomic mass is 10.0. The third kappa shape index (κ3) is 4.78. The van der Waals surface area contributed by atoms with Gasteiger partial charge in [0.2, 0.25) is 0 Å². The molecule has 0 aliphatic rings. The predicted molar refractivity (Wildman–Crippen MR) is 102 cm³/mol. The summed E-state index contributed by atoms with van der Waals surface area (Å²) in [6.45, 7) is 8.04. The number of benzene rings is 2. The van der Waals surface area contributed by atoms with Crippen LogP contribution in [0.1, 0.15) is 37.8 Å². The minimum Gasteiger partial charge on any atom is -0.481 e. The average molecular weight is 343 g/mol. The zero-order chi connectivity index (χ0) is 17.7. The normalized spacial score (nSPS) is 12.1. The third-order valence-corrected chi connectivity index (χ3v) is 4.53. The van der Waals surface area contributed by atoms with Crippen LogP contribution in [0.3, 0.4) is 0 Å². The summed E-state index contributed by atoms with van der Waals surface area (Å²) in [6, 6.07) is 13.9. The summed E-state index contributed by atoms with van der Waals surface area (Å²) >= 11 is 1.65. The van der Waals surface area contributed by atoms with E-state index in [9.17, 15) is 4.79 Å². The van der Waals surface area contributed by atoms with Gasteiger partial charge in [0.1, 0.15) is 5.75 Å². The van der Waals surface area contributed by atoms with Gasteiger partial charge in [0.25, 0.3) is 5.91 Å². The Balaban J connectivity index is 2.10. The Morgan fingerprint density at radius 1 is 1.12 bits per heavy atom. The van der Waals surface area contributed by atoms with Crippen LogP contribution in [0.4, 0.5) is 5.69 Å². The molecule has 0 heterocycles. The van der Waals surface area contributed by atoms with Crippen LogP contribution in [0.25, 0.3) is 0 Å². The molecule has 2 aromatic carbocycles. The van der Waals surface area contributed by atoms with Crippen LogP contribution in [0, 0.1) is 6.92 Å². The summed E-state index contributed by atoms with van der Waals surface area (Å²) in [5, 5.41) is 2.92. The zero-order valence-corrected chi connectivity index (χ0v) is 15.7. The van der Waals surface area contributed by atoms with E-state index in [1.807, 2.05) is 43.5 Å². The lowest BCUT2D eigenvalue weighted by Gasteiger charge is -2.19. The lowest BCUT2D eigenvalue weighted by Crippen LogP contribution is -2.30. The molecule has 0 radical (unpaired) electrons. The first-order chi connectivity index (χ1) is 11.4. The molecule has 24 heavy (non-hydrogen) atoms. The minimum absolute atomic E-state index is 0.149. The second kappa shape index (κ2) is 8.25. The fraction of sp³-hybridized carbons (Fsp3) is 0.350. The molecule has 0 fully saturated rings. The third-order valence-electron chi connectivity index (χ3n) is 3.80. The van der Waals surface area contributed by atoms with Crippen LogP contribution in [-0.4, -0.2) is 18.3 Å². The molecule has 0 aromatic heterocycles. The van der Waals surface area contributed by atoms with E-state index in [0.29, 0.717) is 5.92 Å². The molecule has 0 saturated heterocycles. The summed E-state index contributed by atoms with van der Waals surface area (Å²) in [5.41, 5.74) is 3.02. The maximum Gasteiger partial charge on any atom is 0.265 e. The predicted octanol–water partition coefficient (Wildman–Crippen LogP) is 5.25. The summed E-state index contributed by atoms with van der Waals surface area (Å²) in [6.07, 6.45) is 1.44. The Morgan fingerprint density at radius 2 is 1.88 bits per heavy atom. The van der Waals surface area contributed by atoms with E-state index in [1.165, 1.54) is 0 Å². The number of anilines is 1. The van der Waals surface area contributed by atoms with E-state index in [1.54, 1.807) is 18.7 Å². The van der Waals surface area contributed by atoms with Crippen molar-refractivity contribution < 1.29 is 9.53 Å². The molecule has 128 valence electrons. The Labute approximate surface area is 148 Å². The van der Waals surface area contributed by atoms with Crippen LogP contribution in [-0.2, 0) is 4.79 Å². The van der Waals surface area contributed by atoms with Crippen LogP contribution in [0.5, 0.6) is 5.75 Å². The van der Waals surface area contributed by atoms with Gasteiger partial charge in [0, 0.05) is 10.6 Å². The Bertz CT molecular complexity index is 713. The molecule has 3 nitrogen and oxygen atoms in total. The van der Waals surface area contributed by atoms with Crippen LogP contribution >= 0.6 is 11.8 Å². The number of thioether (sulfide) groups is 1. The zero-order valence-electron chi connectivity index (χ0n) is 14.9. The molecule has 2 aromatic rings. The Morgan fingerprint density at radius 3 is 2.54 bits per heavy atom. The SMILES string of the molecule is CSc1cccc(NC(=O)[C@@H](C)Oc2cc(C)ccc2C(C)C)c1. The van der Waals surface area contributed by atoms with E-state index in [-0.39, 0.29) is 5.91 Å². The molecular weight excluding hydrogens is 318 g/mol. The fourth-order valence-corrected chi connectivity index (χ4v) is 2.87. The maximum atomic E-state index is 12.4. The topological polar surface area (TPSA) is 38.3 Å². The van der Waals surface area contributed by atoms with Crippen molar-refractivity contribution in [3.63, 3.8) is 0 Å². The summed E-state index contributed by atoms with van der Waals surface area (Å²) < 4.78 is 5.96. The summed E-state index contributed by atoms with van der Waals surface area (Å²) in [7, 11) is 0. The van der Waals surface area contributed by atoms with E-state index >= 15 is 0 Å². The molecule has 2 rings (SSSR count). The number of rotatable bonds is 6. The van der Waals surface area contributed by atoms with Crippen molar-refractivity contribution in [1.82, 2.24) is 0 Å². The molecule has 4 heteroatoms. The molecule has 0 unspecified atom stereocenters. The van der Waals surface area contributed by atoms with Crippen LogP contribution in [0.15, 0.2) is 47.4 Å². The second-order valence-corrected chi connectivity index (χ2v) is 7.06. The van der Waals surface area contributed by atoms with Crippen molar-refractivity contribution >= 4 is 23.4 Å². The number of aryl methyl sites for hydroxylation is 1. The summed E-state index contributed by atoms with van der Waals surface area (Å²) in [4.78, 5) is 13.6. The van der Waals surface area contributed by atoms with Crippen molar-refractivity contribution in [2.24, 2.45) is 0 Å².